The minimum atomic E-state index is 0.823. The quantitative estimate of drug-likeness (QED) is 0.728. The van der Waals surface area contributed by atoms with Crippen molar-refractivity contribution >= 4 is 5.57 Å². The Morgan fingerprint density at radius 3 is 2.59 bits per heavy atom. The van der Waals surface area contributed by atoms with Crippen LogP contribution in [0.5, 0.6) is 0 Å². The number of hydrogen-bond donors (Lipinski definition) is 0. The number of hydrogen-bond acceptors (Lipinski definition) is 2. The van der Waals surface area contributed by atoms with Gasteiger partial charge in [0.05, 0.1) is 11.8 Å². The van der Waals surface area contributed by atoms with E-state index in [4.69, 9.17) is 5.26 Å². The van der Waals surface area contributed by atoms with Crippen LogP contribution < -0.4 is 0 Å². The van der Waals surface area contributed by atoms with Crippen molar-refractivity contribution in [3.05, 3.63) is 71.6 Å². The molecule has 0 atom stereocenters. The van der Waals surface area contributed by atoms with Crippen LogP contribution >= 0.6 is 0 Å². The van der Waals surface area contributed by atoms with Crippen molar-refractivity contribution in [2.45, 2.75) is 6.92 Å². The van der Waals surface area contributed by atoms with Crippen molar-refractivity contribution in [2.75, 3.05) is 0 Å². The minimum absolute atomic E-state index is 0.823. The smallest absolute Gasteiger partial charge is 0.0919 e. The third-order valence-electron chi connectivity index (χ3n) is 2.58. The third-order valence-corrected chi connectivity index (χ3v) is 2.58. The molecule has 0 aliphatic heterocycles. The zero-order chi connectivity index (χ0) is 12.1. The van der Waals surface area contributed by atoms with E-state index in [0.717, 1.165) is 22.4 Å². The molecule has 82 valence electrons. The Hall–Kier alpha value is -2.40. The van der Waals surface area contributed by atoms with Gasteiger partial charge in [-0.05, 0) is 30.2 Å². The van der Waals surface area contributed by atoms with Crippen molar-refractivity contribution in [1.82, 2.24) is 4.98 Å². The van der Waals surface area contributed by atoms with Crippen molar-refractivity contribution < 1.29 is 0 Å². The molecule has 0 radical (unpaired) electrons. The third kappa shape index (κ3) is 2.40. The molecule has 0 saturated carbocycles. The molecule has 17 heavy (non-hydrogen) atoms. The molecule has 0 fully saturated rings. The van der Waals surface area contributed by atoms with Crippen LogP contribution in [-0.4, -0.2) is 4.98 Å². The van der Waals surface area contributed by atoms with Crippen LogP contribution in [0.3, 0.4) is 0 Å². The average Bonchev–Trinajstić information content (AvgIpc) is 2.38. The lowest BCUT2D eigenvalue weighted by Crippen LogP contribution is -1.93. The highest BCUT2D eigenvalue weighted by Gasteiger charge is 2.07. The lowest BCUT2D eigenvalue weighted by molar-refractivity contribution is 1.26. The molecule has 0 aliphatic rings. The highest BCUT2D eigenvalue weighted by Crippen LogP contribution is 2.24. The molecule has 2 heteroatoms. The summed E-state index contributed by atoms with van der Waals surface area (Å²) in [6.45, 7) is 2.03. The van der Waals surface area contributed by atoms with E-state index in [1.807, 2.05) is 49.4 Å². The first-order valence-corrected chi connectivity index (χ1v) is 5.40. The van der Waals surface area contributed by atoms with Gasteiger partial charge in [-0.25, -0.2) is 0 Å². The number of nitriles is 1. The summed E-state index contributed by atoms with van der Waals surface area (Å²) in [7, 11) is 0. The second-order valence-corrected chi connectivity index (χ2v) is 3.72. The van der Waals surface area contributed by atoms with Gasteiger partial charge < -0.3 is 0 Å². The van der Waals surface area contributed by atoms with Gasteiger partial charge in [0, 0.05) is 17.8 Å². The van der Waals surface area contributed by atoms with Crippen molar-refractivity contribution in [1.29, 1.82) is 5.26 Å². The predicted molar refractivity (Wildman–Crippen MR) is 68.1 cm³/mol. The van der Waals surface area contributed by atoms with Gasteiger partial charge in [0.1, 0.15) is 0 Å². The van der Waals surface area contributed by atoms with Crippen LogP contribution in [-0.2, 0) is 0 Å². The molecule has 0 unspecified atom stereocenters. The van der Waals surface area contributed by atoms with Gasteiger partial charge in [0.2, 0.25) is 0 Å². The van der Waals surface area contributed by atoms with Gasteiger partial charge in [0.15, 0.2) is 0 Å². The number of nitrogens with zero attached hydrogens (tertiary/aromatic N) is 2. The van der Waals surface area contributed by atoms with E-state index in [2.05, 4.69) is 11.1 Å². The van der Waals surface area contributed by atoms with Crippen molar-refractivity contribution in [3.63, 3.8) is 0 Å². The molecule has 1 aromatic heterocycles. The number of benzene rings is 1. The number of pyridine rings is 1. The van der Waals surface area contributed by atoms with Gasteiger partial charge in [0.25, 0.3) is 0 Å². The van der Waals surface area contributed by atoms with Crippen LogP contribution in [0.4, 0.5) is 0 Å². The molecular formula is C15H12N2. The number of rotatable bonds is 2. The largest absolute Gasteiger partial charge is 0.256 e. The summed E-state index contributed by atoms with van der Waals surface area (Å²) in [5, 5.41) is 8.90. The standard InChI is InChI=1S/C15H12N2/c1-12-6-2-3-7-13(12)14(9-10-16)15-8-4-5-11-17-15/h2-9,11H,1H3/b14-9+. The minimum Gasteiger partial charge on any atom is -0.256 e. The van der Waals surface area contributed by atoms with Gasteiger partial charge in [-0.15, -0.1) is 0 Å². The van der Waals surface area contributed by atoms with Crippen LogP contribution in [0.15, 0.2) is 54.7 Å². The monoisotopic (exact) mass is 220 g/mol. The molecule has 2 nitrogen and oxygen atoms in total. The van der Waals surface area contributed by atoms with Crippen molar-refractivity contribution in [3.8, 4) is 6.07 Å². The Bertz CT molecular complexity index is 577. The van der Waals surface area contributed by atoms with Crippen LogP contribution in [0, 0.1) is 18.3 Å². The fourth-order valence-corrected chi connectivity index (χ4v) is 1.75. The maximum atomic E-state index is 8.90. The molecule has 0 amide bonds. The lowest BCUT2D eigenvalue weighted by Gasteiger charge is -2.08. The Kier molecular flexibility index (Phi) is 3.32. The average molecular weight is 220 g/mol. The molecular weight excluding hydrogens is 208 g/mol. The highest BCUT2D eigenvalue weighted by atomic mass is 14.7. The molecule has 1 aromatic carbocycles. The molecule has 0 saturated heterocycles. The van der Waals surface area contributed by atoms with Crippen LogP contribution in [0.1, 0.15) is 16.8 Å². The van der Waals surface area contributed by atoms with E-state index in [9.17, 15) is 0 Å². The van der Waals surface area contributed by atoms with E-state index < -0.39 is 0 Å². The van der Waals surface area contributed by atoms with Gasteiger partial charge in [-0.1, -0.05) is 30.3 Å². The summed E-state index contributed by atoms with van der Waals surface area (Å²) in [5.74, 6) is 0. The Morgan fingerprint density at radius 1 is 1.18 bits per heavy atom. The summed E-state index contributed by atoms with van der Waals surface area (Å²) in [6.07, 6.45) is 3.28. The SMILES string of the molecule is Cc1ccccc1/C(=C\C#N)c1ccccn1. The Balaban J connectivity index is 2.57. The fourth-order valence-electron chi connectivity index (χ4n) is 1.75. The van der Waals surface area contributed by atoms with Crippen LogP contribution in [0.25, 0.3) is 5.57 Å². The Morgan fingerprint density at radius 2 is 1.94 bits per heavy atom. The van der Waals surface area contributed by atoms with E-state index in [1.165, 1.54) is 0 Å². The normalized spacial score (nSPS) is 10.9. The topological polar surface area (TPSA) is 36.7 Å². The fraction of sp³-hybridized carbons (Fsp3) is 0.0667. The van der Waals surface area contributed by atoms with E-state index in [1.54, 1.807) is 12.3 Å². The Labute approximate surface area is 101 Å². The molecule has 0 bridgehead atoms. The first-order valence-electron chi connectivity index (χ1n) is 5.40. The first kappa shape index (κ1) is 11.1. The number of aromatic nitrogens is 1. The molecule has 1 heterocycles. The van der Waals surface area contributed by atoms with Crippen molar-refractivity contribution in [2.24, 2.45) is 0 Å². The predicted octanol–water partition coefficient (Wildman–Crippen LogP) is 3.35. The second-order valence-electron chi connectivity index (χ2n) is 3.72. The van der Waals surface area contributed by atoms with Gasteiger partial charge >= 0.3 is 0 Å². The molecule has 0 N–H and O–H groups in total. The second kappa shape index (κ2) is 5.09. The highest BCUT2D eigenvalue weighted by molar-refractivity contribution is 5.80. The molecule has 2 rings (SSSR count). The molecule has 0 aliphatic carbocycles. The summed E-state index contributed by atoms with van der Waals surface area (Å²) in [6, 6.07) is 15.8. The summed E-state index contributed by atoms with van der Waals surface area (Å²) in [4.78, 5) is 4.30. The first-order chi connectivity index (χ1) is 8.33. The lowest BCUT2D eigenvalue weighted by atomic mass is 9.97. The van der Waals surface area contributed by atoms with Gasteiger partial charge in [-0.3, -0.25) is 4.98 Å². The van der Waals surface area contributed by atoms with E-state index >= 15 is 0 Å². The van der Waals surface area contributed by atoms with Gasteiger partial charge in [-0.2, -0.15) is 5.26 Å². The zero-order valence-corrected chi connectivity index (χ0v) is 9.59. The maximum absolute atomic E-state index is 8.90. The zero-order valence-electron chi connectivity index (χ0n) is 9.59. The van der Waals surface area contributed by atoms with E-state index in [-0.39, 0.29) is 0 Å². The summed E-state index contributed by atoms with van der Waals surface area (Å²) < 4.78 is 0. The molecule has 0 spiro atoms. The summed E-state index contributed by atoms with van der Waals surface area (Å²) in [5.41, 5.74) is 3.88. The van der Waals surface area contributed by atoms with E-state index in [0.29, 0.717) is 0 Å². The van der Waals surface area contributed by atoms with Crippen LogP contribution in [0.2, 0.25) is 0 Å². The molecule has 2 aromatic rings. The number of allylic oxidation sites excluding steroid dienone is 1. The maximum Gasteiger partial charge on any atom is 0.0919 e. The summed E-state index contributed by atoms with van der Waals surface area (Å²) >= 11 is 0. The number of aryl methyl sites for hydroxylation is 1.